The van der Waals surface area contributed by atoms with E-state index in [4.69, 9.17) is 15.9 Å². The van der Waals surface area contributed by atoms with Crippen molar-refractivity contribution in [3.05, 3.63) is 28.0 Å². The van der Waals surface area contributed by atoms with E-state index in [2.05, 4.69) is 15.9 Å². The summed E-state index contributed by atoms with van der Waals surface area (Å²) < 4.78 is 20.1. The number of anilines is 1. The SMILES string of the molecule is CC1OCCC1N(C)c1ccc(C(=N)N)c(Br)c1F. The first-order chi connectivity index (χ1) is 8.93. The van der Waals surface area contributed by atoms with Gasteiger partial charge >= 0.3 is 0 Å². The van der Waals surface area contributed by atoms with Crippen LogP contribution in [0.2, 0.25) is 0 Å². The Hall–Kier alpha value is -1.14. The third-order valence-electron chi connectivity index (χ3n) is 3.57. The number of nitrogens with one attached hydrogen (secondary N) is 1. The summed E-state index contributed by atoms with van der Waals surface area (Å²) in [7, 11) is 1.86. The molecule has 0 amide bonds. The maximum Gasteiger partial charge on any atom is 0.161 e. The standard InChI is InChI=1S/C13H17BrFN3O/c1-7-9(5-6-19-7)18(2)10-4-3-8(13(16)17)11(14)12(10)15/h3-4,7,9H,5-6H2,1-2H3,(H3,16,17). The Bertz CT molecular complexity index is 509. The van der Waals surface area contributed by atoms with Crippen molar-refractivity contribution in [1.29, 1.82) is 5.41 Å². The number of likely N-dealkylation sites (N-methyl/N-ethyl adjacent to an activating group) is 1. The molecule has 0 bridgehead atoms. The minimum atomic E-state index is -0.394. The van der Waals surface area contributed by atoms with Gasteiger partial charge in [0.15, 0.2) is 5.82 Å². The molecule has 1 heterocycles. The van der Waals surface area contributed by atoms with E-state index in [1.807, 2.05) is 18.9 Å². The molecule has 1 fully saturated rings. The molecule has 3 N–H and O–H groups in total. The summed E-state index contributed by atoms with van der Waals surface area (Å²) in [6, 6.07) is 3.47. The lowest BCUT2D eigenvalue weighted by Gasteiger charge is -2.29. The molecule has 1 saturated heterocycles. The quantitative estimate of drug-likeness (QED) is 0.661. The van der Waals surface area contributed by atoms with Gasteiger partial charge in [-0.3, -0.25) is 5.41 Å². The minimum Gasteiger partial charge on any atom is -0.384 e. The molecule has 0 saturated carbocycles. The van der Waals surface area contributed by atoms with Crippen LogP contribution < -0.4 is 10.6 Å². The number of rotatable bonds is 3. The van der Waals surface area contributed by atoms with Crippen LogP contribution in [0.4, 0.5) is 10.1 Å². The molecule has 1 aromatic rings. The van der Waals surface area contributed by atoms with Crippen LogP contribution in [-0.2, 0) is 4.74 Å². The summed E-state index contributed by atoms with van der Waals surface area (Å²) in [5.41, 5.74) is 6.26. The highest BCUT2D eigenvalue weighted by Gasteiger charge is 2.30. The Morgan fingerprint density at radius 3 is 2.79 bits per heavy atom. The van der Waals surface area contributed by atoms with Crippen molar-refractivity contribution in [2.75, 3.05) is 18.6 Å². The smallest absolute Gasteiger partial charge is 0.161 e. The number of nitrogens with zero attached hydrogens (tertiary/aromatic N) is 1. The Kier molecular flexibility index (Phi) is 4.10. The Labute approximate surface area is 120 Å². The normalized spacial score (nSPS) is 22.5. The van der Waals surface area contributed by atoms with Crippen LogP contribution >= 0.6 is 15.9 Å². The van der Waals surface area contributed by atoms with Gasteiger partial charge in [0, 0.05) is 19.2 Å². The number of halogens is 2. The molecule has 4 nitrogen and oxygen atoms in total. The topological polar surface area (TPSA) is 62.3 Å². The van der Waals surface area contributed by atoms with Gasteiger partial charge in [0.25, 0.3) is 0 Å². The van der Waals surface area contributed by atoms with E-state index in [0.717, 1.165) is 6.42 Å². The van der Waals surface area contributed by atoms with Crippen LogP contribution in [0.1, 0.15) is 18.9 Å². The first-order valence-electron chi connectivity index (χ1n) is 6.10. The van der Waals surface area contributed by atoms with Gasteiger partial charge in [-0.2, -0.15) is 0 Å². The van der Waals surface area contributed by atoms with Crippen LogP contribution in [0.5, 0.6) is 0 Å². The highest BCUT2D eigenvalue weighted by atomic mass is 79.9. The first-order valence-corrected chi connectivity index (χ1v) is 6.89. The summed E-state index contributed by atoms with van der Waals surface area (Å²) in [4.78, 5) is 1.89. The Morgan fingerprint density at radius 2 is 2.26 bits per heavy atom. The molecule has 19 heavy (non-hydrogen) atoms. The van der Waals surface area contributed by atoms with Gasteiger partial charge in [0.1, 0.15) is 5.84 Å². The lowest BCUT2D eigenvalue weighted by molar-refractivity contribution is 0.118. The van der Waals surface area contributed by atoms with Crippen molar-refractivity contribution in [3.8, 4) is 0 Å². The van der Waals surface area contributed by atoms with Crippen molar-refractivity contribution in [3.63, 3.8) is 0 Å². The van der Waals surface area contributed by atoms with E-state index in [0.29, 0.717) is 17.9 Å². The zero-order valence-corrected chi connectivity index (χ0v) is 12.5. The lowest BCUT2D eigenvalue weighted by Crippen LogP contribution is -2.37. The average Bonchev–Trinajstić information content (AvgIpc) is 2.77. The number of ether oxygens (including phenoxy) is 1. The largest absolute Gasteiger partial charge is 0.384 e. The summed E-state index contributed by atoms with van der Waals surface area (Å²) in [5, 5.41) is 7.40. The molecule has 6 heteroatoms. The van der Waals surface area contributed by atoms with Crippen LogP contribution in [0.15, 0.2) is 16.6 Å². The van der Waals surface area contributed by atoms with Gasteiger partial charge < -0.3 is 15.4 Å². The van der Waals surface area contributed by atoms with Crippen molar-refractivity contribution in [2.45, 2.75) is 25.5 Å². The number of nitrogen functional groups attached to an aromatic ring is 1. The monoisotopic (exact) mass is 329 g/mol. The van der Waals surface area contributed by atoms with E-state index in [1.54, 1.807) is 12.1 Å². The molecule has 0 spiro atoms. The second kappa shape index (κ2) is 5.46. The molecular formula is C13H17BrFN3O. The zero-order valence-electron chi connectivity index (χ0n) is 10.9. The van der Waals surface area contributed by atoms with Gasteiger partial charge in [-0.15, -0.1) is 0 Å². The number of nitrogens with two attached hydrogens (primary N) is 1. The van der Waals surface area contributed by atoms with Gasteiger partial charge in [0.2, 0.25) is 0 Å². The van der Waals surface area contributed by atoms with Crippen molar-refractivity contribution < 1.29 is 9.13 Å². The van der Waals surface area contributed by atoms with Crippen LogP contribution in [0.3, 0.4) is 0 Å². The molecule has 2 unspecified atom stereocenters. The Balaban J connectivity index is 2.35. The minimum absolute atomic E-state index is 0.0793. The van der Waals surface area contributed by atoms with Crippen molar-refractivity contribution in [1.82, 2.24) is 0 Å². The second-order valence-electron chi connectivity index (χ2n) is 4.72. The van der Waals surface area contributed by atoms with Crippen LogP contribution in [0.25, 0.3) is 0 Å². The van der Waals surface area contributed by atoms with E-state index in [-0.39, 0.29) is 22.5 Å². The third-order valence-corrected chi connectivity index (χ3v) is 4.34. The van der Waals surface area contributed by atoms with Gasteiger partial charge in [0.05, 0.1) is 22.3 Å². The van der Waals surface area contributed by atoms with Crippen LogP contribution in [0, 0.1) is 11.2 Å². The number of hydrogen-bond donors (Lipinski definition) is 2. The molecule has 1 aliphatic heterocycles. The molecule has 0 aromatic heterocycles. The summed E-state index contributed by atoms with van der Waals surface area (Å²) >= 11 is 3.17. The number of amidine groups is 1. The highest BCUT2D eigenvalue weighted by Crippen LogP contribution is 2.32. The molecule has 0 radical (unpaired) electrons. The molecule has 2 rings (SSSR count). The molecule has 0 aliphatic carbocycles. The second-order valence-corrected chi connectivity index (χ2v) is 5.51. The molecule has 104 valence electrons. The summed E-state index contributed by atoms with van der Waals surface area (Å²) in [6.45, 7) is 2.69. The number of benzene rings is 1. The molecule has 1 aliphatic rings. The molecular weight excluding hydrogens is 313 g/mol. The van der Waals surface area contributed by atoms with Gasteiger partial charge in [-0.05, 0) is 41.4 Å². The predicted octanol–water partition coefficient (Wildman–Crippen LogP) is 2.49. The Morgan fingerprint density at radius 1 is 1.58 bits per heavy atom. The van der Waals surface area contributed by atoms with Crippen molar-refractivity contribution >= 4 is 27.5 Å². The molecule has 1 aromatic carbocycles. The fourth-order valence-corrected chi connectivity index (χ4v) is 2.98. The van der Waals surface area contributed by atoms with Crippen molar-refractivity contribution in [2.24, 2.45) is 5.73 Å². The number of hydrogen-bond acceptors (Lipinski definition) is 3. The van der Waals surface area contributed by atoms with E-state index in [1.165, 1.54) is 0 Å². The zero-order chi connectivity index (χ0) is 14.2. The van der Waals surface area contributed by atoms with E-state index >= 15 is 0 Å². The van der Waals surface area contributed by atoms with Crippen LogP contribution in [-0.4, -0.2) is 31.6 Å². The fraction of sp³-hybridized carbons (Fsp3) is 0.462. The van der Waals surface area contributed by atoms with E-state index in [9.17, 15) is 4.39 Å². The predicted molar refractivity (Wildman–Crippen MR) is 77.3 cm³/mol. The third kappa shape index (κ3) is 2.60. The average molecular weight is 330 g/mol. The fourth-order valence-electron chi connectivity index (χ4n) is 2.43. The maximum absolute atomic E-state index is 14.4. The summed E-state index contributed by atoms with van der Waals surface area (Å²) in [6.07, 6.45) is 0.957. The van der Waals surface area contributed by atoms with Gasteiger partial charge in [-0.25, -0.2) is 4.39 Å². The highest BCUT2D eigenvalue weighted by molar-refractivity contribution is 9.10. The lowest BCUT2D eigenvalue weighted by atomic mass is 10.1. The van der Waals surface area contributed by atoms with E-state index < -0.39 is 5.82 Å². The molecule has 2 atom stereocenters. The maximum atomic E-state index is 14.4. The summed E-state index contributed by atoms with van der Waals surface area (Å²) in [5.74, 6) is -0.549. The van der Waals surface area contributed by atoms with Gasteiger partial charge in [-0.1, -0.05) is 0 Å². The first kappa shape index (κ1) is 14.3.